The Morgan fingerprint density at radius 1 is 1.30 bits per heavy atom. The van der Waals surface area contributed by atoms with E-state index >= 15 is 0 Å². The normalized spacial score (nSPS) is 17.8. The second-order valence-electron chi connectivity index (χ2n) is 4.87. The number of aryl methyl sites for hydroxylation is 1. The smallest absolute Gasteiger partial charge is 0.166 e. The van der Waals surface area contributed by atoms with Crippen LogP contribution < -0.4 is 9.47 Å². The number of thioether (sulfide) groups is 1. The summed E-state index contributed by atoms with van der Waals surface area (Å²) in [5.41, 5.74) is -0.344. The van der Waals surface area contributed by atoms with Crippen LogP contribution in [-0.2, 0) is 5.70 Å². The maximum Gasteiger partial charge on any atom is 0.166 e. The second kappa shape index (κ2) is 6.50. The first-order valence-corrected chi connectivity index (χ1v) is 7.50. The number of rotatable bonds is 5. The largest absolute Gasteiger partial charge is 0.497 e. The number of H-pyrrole nitrogens is 1. The molecule has 120 valence electrons. The minimum atomic E-state index is -2.68. The fourth-order valence-corrected chi connectivity index (χ4v) is 2.86. The molecule has 0 aliphatic rings. The standard InChI is InChI=1S/C17H19N3O2S/c1-10-8-18-15(11(2)16(10)22-4)9-23-17-19-13-6-5-12(21-3)7-14(13)20-17/h5-8H,9H2,1-4H3,(H,19,20)/i3D3,4D3,9D2. The van der Waals surface area contributed by atoms with E-state index in [4.69, 9.17) is 20.4 Å². The lowest BCUT2D eigenvalue weighted by atomic mass is 10.1. The van der Waals surface area contributed by atoms with Crippen LogP contribution in [0.3, 0.4) is 0 Å². The van der Waals surface area contributed by atoms with Crippen LogP contribution in [0.4, 0.5) is 0 Å². The first-order valence-electron chi connectivity index (χ1n) is 10.7. The van der Waals surface area contributed by atoms with Gasteiger partial charge in [0.2, 0.25) is 0 Å². The number of methoxy groups -OCH3 is 2. The minimum Gasteiger partial charge on any atom is -0.497 e. The molecule has 0 bridgehead atoms. The summed E-state index contributed by atoms with van der Waals surface area (Å²) in [4.78, 5) is 11.4. The third-order valence-electron chi connectivity index (χ3n) is 3.34. The summed E-state index contributed by atoms with van der Waals surface area (Å²) >= 11 is 0.746. The Morgan fingerprint density at radius 3 is 3.00 bits per heavy atom. The number of nitrogens with zero attached hydrogens (tertiary/aromatic N) is 2. The number of fused-ring (bicyclic) bond motifs is 1. The van der Waals surface area contributed by atoms with Crippen molar-refractivity contribution < 1.29 is 20.4 Å². The Bertz CT molecular complexity index is 1110. The summed E-state index contributed by atoms with van der Waals surface area (Å²) in [5, 5.41) is 0.228. The van der Waals surface area contributed by atoms with Gasteiger partial charge in [-0.1, -0.05) is 11.8 Å². The zero-order valence-corrected chi connectivity index (χ0v) is 13.2. The van der Waals surface area contributed by atoms with E-state index in [1.165, 1.54) is 18.3 Å². The maximum absolute atomic E-state index is 8.49. The van der Waals surface area contributed by atoms with Crippen LogP contribution in [0.25, 0.3) is 11.0 Å². The van der Waals surface area contributed by atoms with Crippen LogP contribution in [0.2, 0.25) is 0 Å². The van der Waals surface area contributed by atoms with Gasteiger partial charge in [0.25, 0.3) is 0 Å². The number of aromatic amines is 1. The predicted octanol–water partition coefficient (Wildman–Crippen LogP) is 3.88. The molecule has 0 aliphatic carbocycles. The maximum atomic E-state index is 8.49. The Morgan fingerprint density at radius 2 is 2.17 bits per heavy atom. The van der Waals surface area contributed by atoms with Crippen molar-refractivity contribution in [3.8, 4) is 11.5 Å². The van der Waals surface area contributed by atoms with Crippen LogP contribution >= 0.6 is 11.8 Å². The van der Waals surface area contributed by atoms with E-state index < -0.39 is 19.8 Å². The van der Waals surface area contributed by atoms with Crippen molar-refractivity contribution in [2.75, 3.05) is 14.1 Å². The van der Waals surface area contributed by atoms with Crippen molar-refractivity contribution in [1.29, 1.82) is 0 Å². The molecule has 23 heavy (non-hydrogen) atoms. The summed E-state index contributed by atoms with van der Waals surface area (Å²) in [7, 11) is -5.27. The van der Waals surface area contributed by atoms with E-state index in [2.05, 4.69) is 15.0 Å². The molecule has 0 aliphatic heterocycles. The lowest BCUT2D eigenvalue weighted by Crippen LogP contribution is -1.98. The van der Waals surface area contributed by atoms with Gasteiger partial charge in [0, 0.05) is 31.8 Å². The highest BCUT2D eigenvalue weighted by Crippen LogP contribution is 2.29. The highest BCUT2D eigenvalue weighted by Gasteiger charge is 2.11. The third-order valence-corrected chi connectivity index (χ3v) is 4.02. The van der Waals surface area contributed by atoms with Crippen LogP contribution in [0, 0.1) is 13.8 Å². The summed E-state index contributed by atoms with van der Waals surface area (Å²) < 4.78 is 70.4. The predicted molar refractivity (Wildman–Crippen MR) is 92.5 cm³/mol. The van der Waals surface area contributed by atoms with Crippen molar-refractivity contribution in [2.24, 2.45) is 0 Å². The molecule has 1 N–H and O–H groups in total. The molecule has 0 fully saturated rings. The molecule has 5 nitrogen and oxygen atoms in total. The van der Waals surface area contributed by atoms with Crippen molar-refractivity contribution in [1.82, 2.24) is 15.0 Å². The summed E-state index contributed by atoms with van der Waals surface area (Å²) in [6.45, 7) is 3.18. The summed E-state index contributed by atoms with van der Waals surface area (Å²) in [5.74, 6) is 0.184. The van der Waals surface area contributed by atoms with Gasteiger partial charge >= 0.3 is 0 Å². The molecular weight excluding hydrogens is 310 g/mol. The van der Waals surface area contributed by atoms with E-state index in [1.54, 1.807) is 19.9 Å². The molecule has 0 saturated carbocycles. The van der Waals surface area contributed by atoms with Crippen LogP contribution in [0.1, 0.15) is 27.8 Å². The Kier molecular flexibility index (Phi) is 2.43. The number of imidazole rings is 1. The van der Waals surface area contributed by atoms with Crippen molar-refractivity contribution in [3.05, 3.63) is 41.2 Å². The van der Waals surface area contributed by atoms with Gasteiger partial charge in [-0.3, -0.25) is 4.98 Å². The van der Waals surface area contributed by atoms with Crippen LogP contribution in [0.15, 0.2) is 29.6 Å². The zero-order valence-electron chi connectivity index (χ0n) is 20.4. The van der Waals surface area contributed by atoms with Gasteiger partial charge in [-0.05, 0) is 26.0 Å². The van der Waals surface area contributed by atoms with Gasteiger partial charge in [-0.2, -0.15) is 0 Å². The Labute approximate surface area is 150 Å². The number of ether oxygens (including phenoxy) is 2. The highest BCUT2D eigenvalue weighted by molar-refractivity contribution is 7.98. The molecule has 3 aromatic rings. The molecule has 3 rings (SSSR count). The third kappa shape index (κ3) is 3.12. The molecule has 0 radical (unpaired) electrons. The molecule has 2 aromatic heterocycles. The number of hydrogen-bond acceptors (Lipinski definition) is 5. The number of nitrogens with one attached hydrogen (secondary N) is 1. The van der Waals surface area contributed by atoms with Crippen molar-refractivity contribution >= 4 is 22.8 Å². The zero-order chi connectivity index (χ0) is 23.2. The quantitative estimate of drug-likeness (QED) is 0.716. The molecule has 0 atom stereocenters. The molecule has 0 saturated heterocycles. The first-order chi connectivity index (χ1) is 14.1. The molecule has 0 amide bonds. The number of pyridine rings is 1. The minimum absolute atomic E-state index is 0.00855. The summed E-state index contributed by atoms with van der Waals surface area (Å²) in [6.07, 6.45) is 1.36. The average Bonchev–Trinajstić information content (AvgIpc) is 2.96. The molecule has 2 heterocycles. The summed E-state index contributed by atoms with van der Waals surface area (Å²) in [6, 6.07) is 4.49. The van der Waals surface area contributed by atoms with Gasteiger partial charge < -0.3 is 14.5 Å². The van der Waals surface area contributed by atoms with E-state index in [9.17, 15) is 0 Å². The van der Waals surface area contributed by atoms with Gasteiger partial charge in [0.15, 0.2) is 5.16 Å². The fourth-order valence-electron chi connectivity index (χ4n) is 2.15. The van der Waals surface area contributed by atoms with Gasteiger partial charge in [-0.25, -0.2) is 4.98 Å². The van der Waals surface area contributed by atoms with Gasteiger partial charge in [0.1, 0.15) is 11.5 Å². The molecule has 0 spiro atoms. The number of hydrogen-bond donors (Lipinski definition) is 1. The molecule has 1 aromatic carbocycles. The monoisotopic (exact) mass is 337 g/mol. The molecular formula is C17H19N3O2S. The Balaban J connectivity index is 1.91. The van der Waals surface area contributed by atoms with Crippen molar-refractivity contribution in [2.45, 2.75) is 24.7 Å². The van der Waals surface area contributed by atoms with Crippen LogP contribution in [-0.4, -0.2) is 29.0 Å². The van der Waals surface area contributed by atoms with E-state index in [0.29, 0.717) is 16.6 Å². The van der Waals surface area contributed by atoms with Crippen molar-refractivity contribution in [3.63, 3.8) is 0 Å². The SMILES string of the molecule is [2H]C([2H])([2H])Oc1ccc2nc(SC([2H])([2H])c3ncc(C)c(OC([2H])([2H])[2H])c3C)[nH]c2c1. The van der Waals surface area contributed by atoms with E-state index in [0.717, 1.165) is 11.8 Å². The molecule has 0 unspecified atom stereocenters. The fraction of sp³-hybridized carbons (Fsp3) is 0.294. The van der Waals surface area contributed by atoms with Gasteiger partial charge in [-0.15, -0.1) is 0 Å². The first kappa shape index (κ1) is 8.59. The van der Waals surface area contributed by atoms with E-state index in [-0.39, 0.29) is 27.9 Å². The van der Waals surface area contributed by atoms with E-state index in [1.807, 2.05) is 0 Å². The van der Waals surface area contributed by atoms with Gasteiger partial charge in [0.05, 0.1) is 39.0 Å². The Hall–Kier alpha value is -2.21. The lowest BCUT2D eigenvalue weighted by molar-refractivity contribution is 0.407. The topological polar surface area (TPSA) is 60.0 Å². The highest BCUT2D eigenvalue weighted by atomic mass is 32.2. The number of benzene rings is 1. The second-order valence-corrected chi connectivity index (χ2v) is 5.67. The van der Waals surface area contributed by atoms with Crippen LogP contribution in [0.5, 0.6) is 11.5 Å². The number of aromatic nitrogens is 3. The average molecular weight is 337 g/mol. The molecule has 6 heteroatoms. The lowest BCUT2D eigenvalue weighted by Gasteiger charge is -2.11.